The number of fused-ring (bicyclic) bond motifs is 1. The number of hydrogen-bond donors (Lipinski definition) is 1. The Kier molecular flexibility index (Phi) is 6.81. The van der Waals surface area contributed by atoms with Crippen molar-refractivity contribution in [2.45, 2.75) is 20.3 Å². The molecule has 0 radical (unpaired) electrons. The Labute approximate surface area is 180 Å². The molecule has 0 saturated heterocycles. The van der Waals surface area contributed by atoms with Crippen LogP contribution in [0, 0.1) is 13.8 Å². The van der Waals surface area contributed by atoms with E-state index in [-0.39, 0.29) is 23.2 Å². The Morgan fingerprint density at radius 2 is 1.74 bits per heavy atom. The predicted octanol–water partition coefficient (Wildman–Crippen LogP) is 2.73. The van der Waals surface area contributed by atoms with Crippen LogP contribution < -0.4 is 5.32 Å². The number of hydrogen-bond acceptors (Lipinski definition) is 6. The van der Waals surface area contributed by atoms with Gasteiger partial charge in [-0.1, -0.05) is 17.7 Å². The number of anilines is 1. The summed E-state index contributed by atoms with van der Waals surface area (Å²) in [6.45, 7) is 4.01. The molecule has 1 heterocycles. The highest BCUT2D eigenvalue weighted by Gasteiger charge is 2.35. The number of amides is 3. The number of aryl methyl sites for hydroxylation is 2. The van der Waals surface area contributed by atoms with Gasteiger partial charge in [0.05, 0.1) is 16.7 Å². The van der Waals surface area contributed by atoms with Crippen LogP contribution >= 0.6 is 0 Å². The van der Waals surface area contributed by atoms with E-state index < -0.39 is 30.3 Å². The fraction of sp³-hybridized carbons (Fsp3) is 0.304. The molecule has 0 fully saturated rings. The van der Waals surface area contributed by atoms with E-state index in [1.165, 1.54) is 18.2 Å². The van der Waals surface area contributed by atoms with Crippen molar-refractivity contribution in [3.8, 4) is 0 Å². The van der Waals surface area contributed by atoms with Gasteiger partial charge < -0.3 is 14.8 Å². The van der Waals surface area contributed by atoms with E-state index in [0.717, 1.165) is 16.0 Å². The summed E-state index contributed by atoms with van der Waals surface area (Å²) in [7, 11) is 1.54. The molecule has 2 aromatic carbocycles. The van der Waals surface area contributed by atoms with Gasteiger partial charge >= 0.3 is 5.97 Å². The van der Waals surface area contributed by atoms with Crippen molar-refractivity contribution in [3.05, 3.63) is 64.2 Å². The fourth-order valence-corrected chi connectivity index (χ4v) is 3.34. The normalized spacial score (nSPS) is 12.7. The Balaban J connectivity index is 1.61. The highest BCUT2D eigenvalue weighted by Crippen LogP contribution is 2.24. The lowest BCUT2D eigenvalue weighted by Gasteiger charge is -2.12. The van der Waals surface area contributed by atoms with E-state index in [9.17, 15) is 19.2 Å². The van der Waals surface area contributed by atoms with Crippen LogP contribution in [-0.2, 0) is 14.3 Å². The third-order valence-electron chi connectivity index (χ3n) is 4.93. The van der Waals surface area contributed by atoms with Gasteiger partial charge in [-0.3, -0.25) is 19.3 Å². The first-order valence-corrected chi connectivity index (χ1v) is 9.85. The van der Waals surface area contributed by atoms with Crippen molar-refractivity contribution in [1.29, 1.82) is 0 Å². The predicted molar refractivity (Wildman–Crippen MR) is 113 cm³/mol. The first kappa shape index (κ1) is 22.2. The van der Waals surface area contributed by atoms with Crippen molar-refractivity contribution in [3.63, 3.8) is 0 Å². The van der Waals surface area contributed by atoms with Gasteiger partial charge in [0.25, 0.3) is 17.7 Å². The summed E-state index contributed by atoms with van der Waals surface area (Å²) in [6.07, 6.45) is 0.520. The molecular formula is C23H24N2O6. The van der Waals surface area contributed by atoms with E-state index in [1.807, 2.05) is 26.0 Å². The van der Waals surface area contributed by atoms with Gasteiger partial charge in [0.15, 0.2) is 6.61 Å². The second-order valence-electron chi connectivity index (χ2n) is 7.31. The van der Waals surface area contributed by atoms with Gasteiger partial charge in [0.1, 0.15) is 0 Å². The van der Waals surface area contributed by atoms with Gasteiger partial charge in [0.2, 0.25) is 0 Å². The van der Waals surface area contributed by atoms with Gasteiger partial charge in [-0.25, -0.2) is 4.79 Å². The minimum absolute atomic E-state index is 0.0953. The number of esters is 1. The van der Waals surface area contributed by atoms with Gasteiger partial charge in [-0.2, -0.15) is 0 Å². The summed E-state index contributed by atoms with van der Waals surface area (Å²) >= 11 is 0. The van der Waals surface area contributed by atoms with E-state index in [1.54, 1.807) is 13.2 Å². The number of ether oxygens (including phenoxy) is 2. The molecule has 1 aliphatic rings. The molecule has 0 atom stereocenters. The van der Waals surface area contributed by atoms with Crippen LogP contribution in [0.2, 0.25) is 0 Å². The standard InChI is InChI=1S/C23H24N2O6/c1-14-5-8-19(15(2)11-14)24-20(26)13-31-23(29)16-6-7-17-18(12-16)22(28)25(21(17)27)9-4-10-30-3/h5-8,11-12H,4,9-10,13H2,1-3H3,(H,24,26). The monoisotopic (exact) mass is 424 g/mol. The lowest BCUT2D eigenvalue weighted by molar-refractivity contribution is -0.119. The second-order valence-corrected chi connectivity index (χ2v) is 7.31. The average Bonchev–Trinajstić information content (AvgIpc) is 2.98. The Bertz CT molecular complexity index is 1050. The number of imide groups is 1. The molecule has 2 aromatic rings. The maximum atomic E-state index is 12.5. The van der Waals surface area contributed by atoms with Crippen LogP contribution in [0.25, 0.3) is 0 Å². The molecule has 31 heavy (non-hydrogen) atoms. The molecule has 0 aliphatic carbocycles. The number of methoxy groups -OCH3 is 1. The Morgan fingerprint density at radius 3 is 2.45 bits per heavy atom. The van der Waals surface area contributed by atoms with Crippen LogP contribution in [0.3, 0.4) is 0 Å². The van der Waals surface area contributed by atoms with Crippen molar-refractivity contribution < 1.29 is 28.7 Å². The molecule has 3 rings (SSSR count). The zero-order chi connectivity index (χ0) is 22.5. The van der Waals surface area contributed by atoms with Crippen molar-refractivity contribution in [2.75, 3.05) is 32.2 Å². The number of carbonyl (C=O) groups is 4. The van der Waals surface area contributed by atoms with Crippen LogP contribution in [0.15, 0.2) is 36.4 Å². The Morgan fingerprint density at radius 1 is 1.00 bits per heavy atom. The van der Waals surface area contributed by atoms with Gasteiger partial charge in [-0.05, 0) is 50.1 Å². The molecule has 162 valence electrons. The number of nitrogens with zero attached hydrogens (tertiary/aromatic N) is 1. The zero-order valence-corrected chi connectivity index (χ0v) is 17.7. The summed E-state index contributed by atoms with van der Waals surface area (Å²) in [5.74, 6) is -2.09. The highest BCUT2D eigenvalue weighted by atomic mass is 16.5. The Hall–Kier alpha value is -3.52. The minimum atomic E-state index is -0.753. The lowest BCUT2D eigenvalue weighted by Crippen LogP contribution is -2.31. The lowest BCUT2D eigenvalue weighted by atomic mass is 10.1. The van der Waals surface area contributed by atoms with Crippen LogP contribution in [0.1, 0.15) is 48.6 Å². The maximum absolute atomic E-state index is 12.5. The van der Waals surface area contributed by atoms with Crippen molar-refractivity contribution in [1.82, 2.24) is 4.90 Å². The number of rotatable bonds is 8. The largest absolute Gasteiger partial charge is 0.452 e. The SMILES string of the molecule is COCCCN1C(=O)c2ccc(C(=O)OCC(=O)Nc3ccc(C)cc3C)cc2C1=O. The minimum Gasteiger partial charge on any atom is -0.452 e. The molecule has 0 aromatic heterocycles. The number of carbonyl (C=O) groups excluding carboxylic acids is 4. The smallest absolute Gasteiger partial charge is 0.338 e. The fourth-order valence-electron chi connectivity index (χ4n) is 3.34. The summed E-state index contributed by atoms with van der Waals surface area (Å²) in [6, 6.07) is 9.76. The molecule has 3 amide bonds. The molecule has 8 heteroatoms. The molecule has 0 saturated carbocycles. The molecule has 0 spiro atoms. The van der Waals surface area contributed by atoms with E-state index >= 15 is 0 Å². The molecule has 1 N–H and O–H groups in total. The van der Waals surface area contributed by atoms with E-state index in [0.29, 0.717) is 18.7 Å². The van der Waals surface area contributed by atoms with Crippen LogP contribution in [0.4, 0.5) is 5.69 Å². The summed E-state index contributed by atoms with van der Waals surface area (Å²) in [5.41, 5.74) is 3.10. The maximum Gasteiger partial charge on any atom is 0.338 e. The molecule has 0 unspecified atom stereocenters. The molecule has 0 bridgehead atoms. The summed E-state index contributed by atoms with van der Waals surface area (Å²) < 4.78 is 10.0. The van der Waals surface area contributed by atoms with Gasteiger partial charge in [0, 0.05) is 25.9 Å². The topological polar surface area (TPSA) is 102 Å². The zero-order valence-electron chi connectivity index (χ0n) is 17.7. The molecule has 1 aliphatic heterocycles. The first-order valence-electron chi connectivity index (χ1n) is 9.85. The van der Waals surface area contributed by atoms with E-state index in [4.69, 9.17) is 9.47 Å². The van der Waals surface area contributed by atoms with Crippen LogP contribution in [0.5, 0.6) is 0 Å². The average molecular weight is 424 g/mol. The number of nitrogens with one attached hydrogen (secondary N) is 1. The number of benzene rings is 2. The highest BCUT2D eigenvalue weighted by molar-refractivity contribution is 6.22. The quantitative estimate of drug-likeness (QED) is 0.397. The third kappa shape index (κ3) is 4.97. The molecule has 8 nitrogen and oxygen atoms in total. The van der Waals surface area contributed by atoms with Crippen LogP contribution in [-0.4, -0.2) is 55.5 Å². The second kappa shape index (κ2) is 9.53. The van der Waals surface area contributed by atoms with E-state index in [2.05, 4.69) is 5.32 Å². The summed E-state index contributed by atoms with van der Waals surface area (Å²) in [5, 5.41) is 2.70. The molecular weight excluding hydrogens is 400 g/mol. The van der Waals surface area contributed by atoms with Crippen molar-refractivity contribution in [2.24, 2.45) is 0 Å². The third-order valence-corrected chi connectivity index (χ3v) is 4.93. The summed E-state index contributed by atoms with van der Waals surface area (Å²) in [4.78, 5) is 50.6. The van der Waals surface area contributed by atoms with Crippen molar-refractivity contribution >= 4 is 29.4 Å². The first-order chi connectivity index (χ1) is 14.8. The van der Waals surface area contributed by atoms with Gasteiger partial charge in [-0.15, -0.1) is 0 Å².